The van der Waals surface area contributed by atoms with Crippen LogP contribution in [0.3, 0.4) is 0 Å². The van der Waals surface area contributed by atoms with Gasteiger partial charge in [0.05, 0.1) is 17.1 Å². The fourth-order valence-corrected chi connectivity index (χ4v) is 4.16. The molecule has 1 N–H and O–H groups in total. The third kappa shape index (κ3) is 4.52. The molecule has 8 heteroatoms. The molecule has 2 aromatic carbocycles. The van der Waals surface area contributed by atoms with Gasteiger partial charge in [-0.3, -0.25) is 9.36 Å². The van der Waals surface area contributed by atoms with Crippen molar-refractivity contribution in [1.29, 1.82) is 0 Å². The lowest BCUT2D eigenvalue weighted by molar-refractivity contribution is -0.115. The van der Waals surface area contributed by atoms with Crippen LogP contribution in [0.4, 0.5) is 5.69 Å². The summed E-state index contributed by atoms with van der Waals surface area (Å²) in [7, 11) is 0. The third-order valence-electron chi connectivity index (χ3n) is 4.86. The molecule has 0 saturated carbocycles. The Morgan fingerprint density at radius 1 is 1.13 bits per heavy atom. The van der Waals surface area contributed by atoms with Crippen LogP contribution in [0.1, 0.15) is 18.2 Å². The first-order chi connectivity index (χ1) is 14.9. The van der Waals surface area contributed by atoms with Crippen LogP contribution < -0.4 is 5.32 Å². The summed E-state index contributed by atoms with van der Waals surface area (Å²) in [6.45, 7) is 5.65. The summed E-state index contributed by atoms with van der Waals surface area (Å²) in [6, 6.07) is 17.1. The molecule has 1 unspecified atom stereocenters. The van der Waals surface area contributed by atoms with E-state index in [-0.39, 0.29) is 5.91 Å². The number of para-hydroxylation sites is 1. The average Bonchev–Trinajstić information content (AvgIpc) is 3.37. The van der Waals surface area contributed by atoms with Gasteiger partial charge in [0.15, 0.2) is 11.0 Å². The molecule has 0 bridgehead atoms. The van der Waals surface area contributed by atoms with Gasteiger partial charge in [0.2, 0.25) is 5.91 Å². The Morgan fingerprint density at radius 3 is 2.61 bits per heavy atom. The molecule has 1 atom stereocenters. The first kappa shape index (κ1) is 21.2. The molecule has 31 heavy (non-hydrogen) atoms. The predicted octanol–water partition coefficient (Wildman–Crippen LogP) is 5.92. The number of rotatable bonds is 6. The number of halogens is 1. The number of hydrogen-bond donors (Lipinski definition) is 1. The lowest BCUT2D eigenvalue weighted by atomic mass is 10.2. The van der Waals surface area contributed by atoms with Crippen LogP contribution in [0.25, 0.3) is 17.1 Å². The summed E-state index contributed by atoms with van der Waals surface area (Å²) in [6.07, 6.45) is 1.63. The van der Waals surface area contributed by atoms with Gasteiger partial charge < -0.3 is 9.73 Å². The monoisotopic (exact) mass is 452 g/mol. The Balaban J connectivity index is 1.64. The number of carbonyl (C=O) groups excluding carboxylic acids is 1. The van der Waals surface area contributed by atoms with Crippen molar-refractivity contribution in [3.8, 4) is 17.1 Å². The van der Waals surface area contributed by atoms with Gasteiger partial charge in [-0.1, -0.05) is 47.6 Å². The smallest absolute Gasteiger partial charge is 0.237 e. The molecule has 4 rings (SSSR count). The van der Waals surface area contributed by atoms with E-state index < -0.39 is 5.25 Å². The van der Waals surface area contributed by atoms with Gasteiger partial charge in [-0.05, 0) is 56.7 Å². The van der Waals surface area contributed by atoms with Gasteiger partial charge in [0.1, 0.15) is 5.76 Å². The summed E-state index contributed by atoms with van der Waals surface area (Å²) in [5.74, 6) is 1.28. The van der Waals surface area contributed by atoms with E-state index >= 15 is 0 Å². The Bertz CT molecular complexity index is 1220. The number of thioether (sulfide) groups is 1. The van der Waals surface area contributed by atoms with Crippen LogP contribution in [-0.2, 0) is 4.79 Å². The number of benzene rings is 2. The SMILES string of the molecule is Cc1ccc(Cl)cc1NC(=O)C(C)Sc1nnc(-c2ccoc2C)n1-c1ccccc1. The van der Waals surface area contributed by atoms with Crippen molar-refractivity contribution in [1.82, 2.24) is 14.8 Å². The number of furan rings is 1. The highest BCUT2D eigenvalue weighted by molar-refractivity contribution is 8.00. The van der Waals surface area contributed by atoms with E-state index in [2.05, 4.69) is 15.5 Å². The molecule has 0 fully saturated rings. The van der Waals surface area contributed by atoms with Gasteiger partial charge in [0, 0.05) is 16.4 Å². The number of anilines is 1. The summed E-state index contributed by atoms with van der Waals surface area (Å²) in [5, 5.41) is 12.5. The summed E-state index contributed by atoms with van der Waals surface area (Å²) in [5.41, 5.74) is 3.41. The maximum absolute atomic E-state index is 12.9. The van der Waals surface area contributed by atoms with E-state index in [1.807, 2.05) is 67.8 Å². The molecule has 0 saturated heterocycles. The van der Waals surface area contributed by atoms with Gasteiger partial charge in [-0.15, -0.1) is 10.2 Å². The Labute approximate surface area is 189 Å². The molecule has 2 heterocycles. The van der Waals surface area contributed by atoms with Crippen molar-refractivity contribution < 1.29 is 9.21 Å². The lowest BCUT2D eigenvalue weighted by Gasteiger charge is -2.15. The van der Waals surface area contributed by atoms with Crippen molar-refractivity contribution in [2.75, 3.05) is 5.32 Å². The largest absolute Gasteiger partial charge is 0.469 e. The summed E-state index contributed by atoms with van der Waals surface area (Å²) >= 11 is 7.42. The molecule has 0 aliphatic rings. The standard InChI is InChI=1S/C23H21ClN4O2S/c1-14-9-10-17(24)13-20(14)25-22(29)16(3)31-23-27-26-21(19-11-12-30-15(19)2)28(23)18-7-5-4-6-8-18/h4-13,16H,1-3H3,(H,25,29). The van der Waals surface area contributed by atoms with Gasteiger partial charge in [-0.25, -0.2) is 0 Å². The maximum Gasteiger partial charge on any atom is 0.237 e. The minimum Gasteiger partial charge on any atom is -0.469 e. The summed E-state index contributed by atoms with van der Waals surface area (Å²) in [4.78, 5) is 12.9. The molecular weight excluding hydrogens is 432 g/mol. The molecule has 6 nitrogen and oxygen atoms in total. The van der Waals surface area contributed by atoms with Crippen molar-refractivity contribution >= 4 is 35.0 Å². The van der Waals surface area contributed by atoms with Crippen molar-refractivity contribution in [2.24, 2.45) is 0 Å². The molecular formula is C23H21ClN4O2S. The lowest BCUT2D eigenvalue weighted by Crippen LogP contribution is -2.23. The highest BCUT2D eigenvalue weighted by atomic mass is 35.5. The number of amides is 1. The fraction of sp³-hybridized carbons (Fsp3) is 0.174. The van der Waals surface area contributed by atoms with Gasteiger partial charge in [-0.2, -0.15) is 0 Å². The van der Waals surface area contributed by atoms with Crippen LogP contribution >= 0.6 is 23.4 Å². The topological polar surface area (TPSA) is 73.0 Å². The molecule has 0 radical (unpaired) electrons. The van der Waals surface area contributed by atoms with E-state index in [4.69, 9.17) is 16.0 Å². The second-order valence-corrected chi connectivity index (χ2v) is 8.82. The second-order valence-electron chi connectivity index (χ2n) is 7.08. The average molecular weight is 453 g/mol. The number of nitrogens with zero attached hydrogens (tertiary/aromatic N) is 3. The van der Waals surface area contributed by atoms with E-state index in [1.54, 1.807) is 18.4 Å². The first-order valence-electron chi connectivity index (χ1n) is 9.73. The van der Waals surface area contributed by atoms with Gasteiger partial charge >= 0.3 is 0 Å². The van der Waals surface area contributed by atoms with Crippen LogP contribution in [-0.4, -0.2) is 25.9 Å². The van der Waals surface area contributed by atoms with E-state index in [0.717, 1.165) is 22.6 Å². The normalized spacial score (nSPS) is 12.0. The molecule has 2 aromatic heterocycles. The number of nitrogens with one attached hydrogen (secondary N) is 1. The Hall–Kier alpha value is -3.03. The molecule has 0 spiro atoms. The molecule has 158 valence electrons. The van der Waals surface area contributed by atoms with Crippen LogP contribution in [0.2, 0.25) is 5.02 Å². The first-order valence-corrected chi connectivity index (χ1v) is 11.0. The van der Waals surface area contributed by atoms with E-state index in [0.29, 0.717) is 21.7 Å². The molecule has 1 amide bonds. The van der Waals surface area contributed by atoms with E-state index in [9.17, 15) is 4.79 Å². The number of carbonyl (C=O) groups is 1. The summed E-state index contributed by atoms with van der Waals surface area (Å²) < 4.78 is 7.40. The van der Waals surface area contributed by atoms with Crippen LogP contribution in [0.15, 0.2) is 70.4 Å². The number of aromatic nitrogens is 3. The fourth-order valence-electron chi connectivity index (χ4n) is 3.12. The van der Waals surface area contributed by atoms with Crippen LogP contribution in [0.5, 0.6) is 0 Å². The zero-order valence-corrected chi connectivity index (χ0v) is 18.9. The minimum atomic E-state index is -0.414. The molecule has 0 aliphatic carbocycles. The highest BCUT2D eigenvalue weighted by Crippen LogP contribution is 2.32. The molecule has 4 aromatic rings. The minimum absolute atomic E-state index is 0.140. The van der Waals surface area contributed by atoms with Gasteiger partial charge in [0.25, 0.3) is 0 Å². The number of hydrogen-bond acceptors (Lipinski definition) is 5. The predicted molar refractivity (Wildman–Crippen MR) is 124 cm³/mol. The Morgan fingerprint density at radius 2 is 1.90 bits per heavy atom. The zero-order valence-electron chi connectivity index (χ0n) is 17.3. The van der Waals surface area contributed by atoms with Crippen LogP contribution in [0, 0.1) is 13.8 Å². The van der Waals surface area contributed by atoms with E-state index in [1.165, 1.54) is 11.8 Å². The number of aryl methyl sites for hydroxylation is 2. The highest BCUT2D eigenvalue weighted by Gasteiger charge is 2.23. The van der Waals surface area contributed by atoms with Crippen molar-refractivity contribution in [3.05, 3.63) is 77.2 Å². The molecule has 0 aliphatic heterocycles. The second kappa shape index (κ2) is 8.99. The zero-order chi connectivity index (χ0) is 22.0. The third-order valence-corrected chi connectivity index (χ3v) is 6.13. The Kier molecular flexibility index (Phi) is 6.15. The quantitative estimate of drug-likeness (QED) is 0.368. The van der Waals surface area contributed by atoms with Crippen molar-refractivity contribution in [3.63, 3.8) is 0 Å². The van der Waals surface area contributed by atoms with Crippen molar-refractivity contribution in [2.45, 2.75) is 31.2 Å². The maximum atomic E-state index is 12.9.